The Morgan fingerprint density at radius 3 is 2.88 bits per heavy atom. The number of likely N-dealkylation sites (tertiary alicyclic amines) is 1. The smallest absolute Gasteiger partial charge is 0.171 e. The van der Waals surface area contributed by atoms with Crippen LogP contribution in [0.25, 0.3) is 33.1 Å². The summed E-state index contributed by atoms with van der Waals surface area (Å²) < 4.78 is 1.96. The summed E-state index contributed by atoms with van der Waals surface area (Å²) in [5.41, 5.74) is 4.93. The first-order valence-electron chi connectivity index (χ1n) is 11.6. The molecule has 8 nitrogen and oxygen atoms in total. The van der Waals surface area contributed by atoms with Crippen LogP contribution in [0.3, 0.4) is 0 Å². The zero-order chi connectivity index (χ0) is 23.1. The van der Waals surface area contributed by atoms with Crippen molar-refractivity contribution in [1.29, 1.82) is 0 Å². The van der Waals surface area contributed by atoms with Crippen LogP contribution in [0.1, 0.15) is 34.9 Å². The number of aromatic amines is 1. The van der Waals surface area contributed by atoms with Crippen molar-refractivity contribution in [3.8, 4) is 11.3 Å². The Labute approximate surface area is 196 Å². The van der Waals surface area contributed by atoms with Gasteiger partial charge in [-0.2, -0.15) is 5.10 Å². The van der Waals surface area contributed by atoms with E-state index in [-0.39, 0.29) is 12.2 Å². The number of H-pyrrole nitrogens is 1. The number of fused-ring (bicyclic) bond motifs is 2. The predicted molar refractivity (Wildman–Crippen MR) is 131 cm³/mol. The third kappa shape index (κ3) is 3.86. The van der Waals surface area contributed by atoms with E-state index in [4.69, 9.17) is 4.98 Å². The summed E-state index contributed by atoms with van der Waals surface area (Å²) in [4.78, 5) is 32.2. The van der Waals surface area contributed by atoms with E-state index in [1.807, 2.05) is 53.7 Å². The monoisotopic (exact) mass is 451 g/mol. The van der Waals surface area contributed by atoms with Gasteiger partial charge in [-0.25, -0.2) is 4.98 Å². The van der Waals surface area contributed by atoms with Crippen LogP contribution < -0.4 is 0 Å². The molecule has 0 unspecified atom stereocenters. The Kier molecular flexibility index (Phi) is 5.15. The molecule has 1 aliphatic rings. The molecule has 0 atom stereocenters. The molecule has 5 aromatic rings. The minimum Gasteiger partial charge on any atom is -0.360 e. The van der Waals surface area contributed by atoms with Gasteiger partial charge in [0.25, 0.3) is 0 Å². The third-order valence-electron chi connectivity index (χ3n) is 6.71. The second kappa shape index (κ2) is 8.46. The first-order valence-corrected chi connectivity index (χ1v) is 11.6. The lowest BCUT2D eigenvalue weighted by atomic mass is 10.1. The lowest BCUT2D eigenvalue weighted by Crippen LogP contribution is -2.31. The van der Waals surface area contributed by atoms with Gasteiger partial charge in [0.2, 0.25) is 0 Å². The van der Waals surface area contributed by atoms with E-state index < -0.39 is 0 Å². The van der Waals surface area contributed by atoms with Crippen LogP contribution >= 0.6 is 0 Å². The van der Waals surface area contributed by atoms with E-state index in [2.05, 4.69) is 32.0 Å². The highest BCUT2D eigenvalue weighted by molar-refractivity contribution is 5.97. The van der Waals surface area contributed by atoms with Crippen LogP contribution in [0.2, 0.25) is 0 Å². The van der Waals surface area contributed by atoms with Gasteiger partial charge in [0.15, 0.2) is 5.78 Å². The van der Waals surface area contributed by atoms with Crippen molar-refractivity contribution in [2.45, 2.75) is 25.3 Å². The Bertz CT molecular complexity index is 1490. The van der Waals surface area contributed by atoms with E-state index in [9.17, 15) is 4.79 Å². The quantitative estimate of drug-likeness (QED) is 0.405. The van der Waals surface area contributed by atoms with Gasteiger partial charge >= 0.3 is 0 Å². The molecule has 0 bridgehead atoms. The molecule has 170 valence electrons. The summed E-state index contributed by atoms with van der Waals surface area (Å²) in [6, 6.07) is 8.28. The van der Waals surface area contributed by atoms with Gasteiger partial charge in [0.1, 0.15) is 0 Å². The van der Waals surface area contributed by atoms with E-state index >= 15 is 0 Å². The number of hydrogen-bond donors (Lipinski definition) is 1. The fraction of sp³-hybridized carbons (Fsp3) is 0.269. The Balaban J connectivity index is 1.24. The summed E-state index contributed by atoms with van der Waals surface area (Å²) in [5, 5.41) is 6.49. The van der Waals surface area contributed by atoms with Crippen molar-refractivity contribution in [3.05, 3.63) is 72.7 Å². The Morgan fingerprint density at radius 1 is 1.12 bits per heavy atom. The van der Waals surface area contributed by atoms with Gasteiger partial charge < -0.3 is 9.88 Å². The minimum atomic E-state index is 0.0171. The van der Waals surface area contributed by atoms with Gasteiger partial charge in [0, 0.05) is 41.1 Å². The van der Waals surface area contributed by atoms with Crippen molar-refractivity contribution in [2.75, 3.05) is 20.1 Å². The molecule has 0 aliphatic carbocycles. The Morgan fingerprint density at radius 2 is 2.00 bits per heavy atom. The molecule has 0 spiro atoms. The van der Waals surface area contributed by atoms with E-state index in [0.717, 1.165) is 59.0 Å². The minimum absolute atomic E-state index is 0.0171. The number of pyridine rings is 3. The molecule has 1 fully saturated rings. The molecule has 8 heteroatoms. The molecule has 34 heavy (non-hydrogen) atoms. The second-order valence-corrected chi connectivity index (χ2v) is 9.03. The van der Waals surface area contributed by atoms with E-state index in [1.165, 1.54) is 0 Å². The van der Waals surface area contributed by atoms with Crippen LogP contribution in [0.4, 0.5) is 0 Å². The summed E-state index contributed by atoms with van der Waals surface area (Å²) in [6.45, 7) is 2.11. The molecule has 6 heterocycles. The first-order chi connectivity index (χ1) is 16.6. The van der Waals surface area contributed by atoms with Crippen LogP contribution in [-0.4, -0.2) is 60.5 Å². The zero-order valence-corrected chi connectivity index (χ0v) is 19.0. The molecule has 0 saturated carbocycles. The van der Waals surface area contributed by atoms with Crippen molar-refractivity contribution < 1.29 is 4.79 Å². The average Bonchev–Trinajstić information content (AvgIpc) is 3.54. The van der Waals surface area contributed by atoms with Gasteiger partial charge in [0.05, 0.1) is 52.8 Å². The fourth-order valence-electron chi connectivity index (χ4n) is 4.70. The molecule has 0 radical (unpaired) electrons. The summed E-state index contributed by atoms with van der Waals surface area (Å²) in [7, 11) is 2.14. The van der Waals surface area contributed by atoms with Crippen LogP contribution in [-0.2, 0) is 6.42 Å². The van der Waals surface area contributed by atoms with Crippen molar-refractivity contribution in [3.63, 3.8) is 0 Å². The Hall–Kier alpha value is -3.91. The predicted octanol–water partition coefficient (Wildman–Crippen LogP) is 4.06. The number of carbonyl (C=O) groups is 1. The molecular formula is C26H25N7O. The van der Waals surface area contributed by atoms with E-state index in [0.29, 0.717) is 17.3 Å². The van der Waals surface area contributed by atoms with Crippen LogP contribution in [0.5, 0.6) is 0 Å². The third-order valence-corrected chi connectivity index (χ3v) is 6.71. The average molecular weight is 452 g/mol. The molecule has 0 amide bonds. The lowest BCUT2D eigenvalue weighted by molar-refractivity contribution is 0.0991. The maximum Gasteiger partial charge on any atom is 0.171 e. The van der Waals surface area contributed by atoms with Gasteiger partial charge in [-0.3, -0.25) is 19.4 Å². The first kappa shape index (κ1) is 20.7. The highest BCUT2D eigenvalue weighted by atomic mass is 16.1. The topological polar surface area (TPSA) is 92.6 Å². The number of Topliss-reactive ketones (excluding diaryl/α,β-unsaturated/α-hetero) is 1. The summed E-state index contributed by atoms with van der Waals surface area (Å²) in [5.74, 6) is 0.0171. The van der Waals surface area contributed by atoms with Crippen molar-refractivity contribution >= 4 is 27.6 Å². The van der Waals surface area contributed by atoms with Gasteiger partial charge in [-0.1, -0.05) is 0 Å². The number of aromatic nitrogens is 6. The SMILES string of the molecule is CN1CCC(n2cc(C(=O)Cc3cc4nc(-c5cncc6[nH]ccc56)ccc4cn3)cn2)CC1. The molecule has 6 rings (SSSR count). The highest BCUT2D eigenvalue weighted by Crippen LogP contribution is 2.27. The zero-order valence-electron chi connectivity index (χ0n) is 19.0. The number of hydrogen-bond acceptors (Lipinski definition) is 6. The number of nitrogens with zero attached hydrogens (tertiary/aromatic N) is 6. The maximum atomic E-state index is 13.0. The standard InChI is InChI=1S/C26H25N7O/c1-32-8-5-20(6-9-32)33-16-18(13-30-33)26(34)11-19-10-24-17(12-29-19)2-3-23(31-24)22-14-27-15-25-21(22)4-7-28-25/h2-4,7,10,12-16,20,28H,5-6,8-9,11H2,1H3. The lowest BCUT2D eigenvalue weighted by Gasteiger charge is -2.28. The molecule has 1 N–H and O–H groups in total. The number of piperidine rings is 1. The number of rotatable bonds is 5. The van der Waals surface area contributed by atoms with Gasteiger partial charge in [-0.15, -0.1) is 0 Å². The molecule has 5 aromatic heterocycles. The maximum absolute atomic E-state index is 13.0. The van der Waals surface area contributed by atoms with Crippen LogP contribution in [0.15, 0.2) is 61.4 Å². The molecule has 1 aliphatic heterocycles. The molecule has 0 aromatic carbocycles. The van der Waals surface area contributed by atoms with Crippen LogP contribution in [0, 0.1) is 0 Å². The van der Waals surface area contributed by atoms with Crippen molar-refractivity contribution in [2.24, 2.45) is 0 Å². The van der Waals surface area contributed by atoms with Crippen molar-refractivity contribution in [1.82, 2.24) is 34.6 Å². The molecular weight excluding hydrogens is 426 g/mol. The summed E-state index contributed by atoms with van der Waals surface area (Å²) in [6.07, 6.45) is 13.2. The number of nitrogens with one attached hydrogen (secondary N) is 1. The van der Waals surface area contributed by atoms with Gasteiger partial charge in [-0.05, 0) is 57.2 Å². The fourth-order valence-corrected chi connectivity index (χ4v) is 4.70. The number of carbonyl (C=O) groups excluding carboxylic acids is 1. The normalized spacial score (nSPS) is 15.3. The molecule has 1 saturated heterocycles. The summed E-state index contributed by atoms with van der Waals surface area (Å²) >= 11 is 0. The number of ketones is 1. The van der Waals surface area contributed by atoms with E-state index in [1.54, 1.807) is 12.4 Å². The second-order valence-electron chi connectivity index (χ2n) is 9.03. The largest absolute Gasteiger partial charge is 0.360 e. The highest BCUT2D eigenvalue weighted by Gasteiger charge is 2.20.